The van der Waals surface area contributed by atoms with Gasteiger partial charge in [-0.2, -0.15) is 0 Å². The Morgan fingerprint density at radius 2 is 2.24 bits per heavy atom. The fraction of sp³-hybridized carbons (Fsp3) is 0.571. The summed E-state index contributed by atoms with van der Waals surface area (Å²) in [4.78, 5) is 2.43. The maximum atomic E-state index is 5.79. The van der Waals surface area contributed by atoms with Crippen molar-refractivity contribution in [2.75, 3.05) is 20.1 Å². The summed E-state index contributed by atoms with van der Waals surface area (Å²) in [7, 11) is 1.96. The van der Waals surface area contributed by atoms with E-state index in [1.807, 2.05) is 14.0 Å². The molecule has 0 saturated heterocycles. The topological polar surface area (TPSA) is 28.4 Å². The average Bonchev–Trinajstić information content (AvgIpc) is 2.63. The minimum absolute atomic E-state index is 0.883. The van der Waals surface area contributed by atoms with Crippen molar-refractivity contribution in [2.24, 2.45) is 0 Å². The molecular weight excluding hydrogens is 212 g/mol. The van der Waals surface area contributed by atoms with E-state index in [1.165, 1.54) is 17.6 Å². The minimum atomic E-state index is 0.883. The Balaban J connectivity index is 1.97. The average molecular weight is 234 g/mol. The zero-order valence-electron chi connectivity index (χ0n) is 11.0. The molecule has 94 valence electrons. The van der Waals surface area contributed by atoms with Crippen LogP contribution >= 0.6 is 0 Å². The molecule has 3 nitrogen and oxygen atoms in total. The maximum absolute atomic E-state index is 5.79. The molecule has 0 aromatic carbocycles. The molecule has 0 amide bonds. The van der Waals surface area contributed by atoms with Crippen LogP contribution in [0, 0.1) is 6.92 Å². The first-order chi connectivity index (χ1) is 8.19. The van der Waals surface area contributed by atoms with Gasteiger partial charge in [-0.05, 0) is 33.4 Å². The van der Waals surface area contributed by atoms with Crippen molar-refractivity contribution in [3.63, 3.8) is 0 Å². The SMILES string of the molecule is CNCc1cc(CN2CC=C(C)CC2)oc1C. The van der Waals surface area contributed by atoms with Crippen LogP contribution in [0.1, 0.15) is 30.4 Å². The number of hydrogen-bond acceptors (Lipinski definition) is 3. The smallest absolute Gasteiger partial charge is 0.118 e. The molecule has 1 aromatic heterocycles. The molecule has 2 heterocycles. The van der Waals surface area contributed by atoms with E-state index in [-0.39, 0.29) is 0 Å². The Kier molecular flexibility index (Phi) is 4.02. The van der Waals surface area contributed by atoms with Crippen LogP contribution in [0.4, 0.5) is 0 Å². The van der Waals surface area contributed by atoms with Gasteiger partial charge in [-0.15, -0.1) is 0 Å². The summed E-state index contributed by atoms with van der Waals surface area (Å²) in [5.41, 5.74) is 2.78. The van der Waals surface area contributed by atoms with E-state index >= 15 is 0 Å². The molecule has 0 fully saturated rings. The van der Waals surface area contributed by atoms with E-state index in [0.29, 0.717) is 0 Å². The highest BCUT2D eigenvalue weighted by atomic mass is 16.3. The van der Waals surface area contributed by atoms with Crippen molar-refractivity contribution < 1.29 is 4.42 Å². The van der Waals surface area contributed by atoms with E-state index in [9.17, 15) is 0 Å². The summed E-state index contributed by atoms with van der Waals surface area (Å²) >= 11 is 0. The second-order valence-corrected chi connectivity index (χ2v) is 4.86. The summed E-state index contributed by atoms with van der Waals surface area (Å²) in [6.07, 6.45) is 3.50. The van der Waals surface area contributed by atoms with E-state index in [0.717, 1.165) is 37.7 Å². The predicted octanol–water partition coefficient (Wildman–Crippen LogP) is 2.46. The van der Waals surface area contributed by atoms with Crippen molar-refractivity contribution >= 4 is 0 Å². The van der Waals surface area contributed by atoms with Gasteiger partial charge in [0.1, 0.15) is 11.5 Å². The molecule has 0 unspecified atom stereocenters. The van der Waals surface area contributed by atoms with Gasteiger partial charge in [-0.3, -0.25) is 4.90 Å². The summed E-state index contributed by atoms with van der Waals surface area (Å²) in [5.74, 6) is 2.12. The van der Waals surface area contributed by atoms with Crippen LogP contribution in [-0.4, -0.2) is 25.0 Å². The minimum Gasteiger partial charge on any atom is -0.465 e. The Labute approximate surface area is 103 Å². The third kappa shape index (κ3) is 3.20. The molecule has 0 saturated carbocycles. The zero-order valence-corrected chi connectivity index (χ0v) is 11.0. The molecule has 1 N–H and O–H groups in total. The second kappa shape index (κ2) is 5.52. The lowest BCUT2D eigenvalue weighted by atomic mass is 10.1. The van der Waals surface area contributed by atoms with Gasteiger partial charge in [0.25, 0.3) is 0 Å². The van der Waals surface area contributed by atoms with Gasteiger partial charge in [0.15, 0.2) is 0 Å². The number of aryl methyl sites for hydroxylation is 1. The van der Waals surface area contributed by atoms with E-state index in [2.05, 4.69) is 29.3 Å². The number of nitrogens with one attached hydrogen (secondary N) is 1. The van der Waals surface area contributed by atoms with Crippen LogP contribution < -0.4 is 5.32 Å². The quantitative estimate of drug-likeness (QED) is 0.811. The molecule has 2 rings (SSSR count). The van der Waals surface area contributed by atoms with Crippen LogP contribution in [-0.2, 0) is 13.1 Å². The summed E-state index contributed by atoms with van der Waals surface area (Å²) in [6.45, 7) is 8.24. The van der Waals surface area contributed by atoms with Crippen LogP contribution in [0.2, 0.25) is 0 Å². The van der Waals surface area contributed by atoms with Crippen molar-refractivity contribution in [1.82, 2.24) is 10.2 Å². The Morgan fingerprint density at radius 1 is 1.41 bits per heavy atom. The lowest BCUT2D eigenvalue weighted by Crippen LogP contribution is -2.27. The highest BCUT2D eigenvalue weighted by Gasteiger charge is 2.13. The Morgan fingerprint density at radius 3 is 2.88 bits per heavy atom. The third-order valence-electron chi connectivity index (χ3n) is 3.34. The van der Waals surface area contributed by atoms with Crippen molar-refractivity contribution in [2.45, 2.75) is 33.4 Å². The van der Waals surface area contributed by atoms with E-state index in [1.54, 1.807) is 0 Å². The second-order valence-electron chi connectivity index (χ2n) is 4.86. The van der Waals surface area contributed by atoms with E-state index < -0.39 is 0 Å². The zero-order chi connectivity index (χ0) is 12.3. The molecular formula is C14H22N2O. The largest absolute Gasteiger partial charge is 0.465 e. The van der Waals surface area contributed by atoms with Gasteiger partial charge >= 0.3 is 0 Å². The Bertz CT molecular complexity index is 406. The van der Waals surface area contributed by atoms with Crippen molar-refractivity contribution in [3.8, 4) is 0 Å². The van der Waals surface area contributed by atoms with Gasteiger partial charge in [-0.25, -0.2) is 0 Å². The van der Waals surface area contributed by atoms with Gasteiger partial charge in [0, 0.05) is 25.2 Å². The molecule has 3 heteroatoms. The normalized spacial score (nSPS) is 17.2. The monoisotopic (exact) mass is 234 g/mol. The third-order valence-corrected chi connectivity index (χ3v) is 3.34. The lowest BCUT2D eigenvalue weighted by Gasteiger charge is -2.23. The molecule has 0 radical (unpaired) electrons. The molecule has 1 aromatic rings. The predicted molar refractivity (Wildman–Crippen MR) is 69.9 cm³/mol. The van der Waals surface area contributed by atoms with Crippen LogP contribution in [0.5, 0.6) is 0 Å². The van der Waals surface area contributed by atoms with Crippen molar-refractivity contribution in [1.29, 1.82) is 0 Å². The van der Waals surface area contributed by atoms with Crippen LogP contribution in [0.15, 0.2) is 22.1 Å². The van der Waals surface area contributed by atoms with E-state index in [4.69, 9.17) is 4.42 Å². The first kappa shape index (κ1) is 12.4. The van der Waals surface area contributed by atoms with Gasteiger partial charge in [0.2, 0.25) is 0 Å². The molecule has 1 aliphatic rings. The molecule has 0 spiro atoms. The first-order valence-electron chi connectivity index (χ1n) is 6.30. The van der Waals surface area contributed by atoms with Crippen LogP contribution in [0.3, 0.4) is 0 Å². The molecule has 0 aliphatic carbocycles. The fourth-order valence-corrected chi connectivity index (χ4v) is 2.21. The molecule has 0 bridgehead atoms. The summed E-state index contributed by atoms with van der Waals surface area (Å²) in [6, 6.07) is 2.18. The number of nitrogens with zero attached hydrogens (tertiary/aromatic N) is 1. The summed E-state index contributed by atoms with van der Waals surface area (Å²) in [5, 5.41) is 3.16. The number of rotatable bonds is 4. The summed E-state index contributed by atoms with van der Waals surface area (Å²) < 4.78 is 5.79. The first-order valence-corrected chi connectivity index (χ1v) is 6.30. The molecule has 0 atom stereocenters. The molecule has 1 aliphatic heterocycles. The highest BCUT2D eigenvalue weighted by molar-refractivity contribution is 5.20. The number of furan rings is 1. The molecule has 17 heavy (non-hydrogen) atoms. The Hall–Kier alpha value is -1.06. The standard InChI is InChI=1S/C14H22N2O/c1-11-4-6-16(7-5-11)10-14-8-13(9-15-3)12(2)17-14/h4,8,15H,5-7,9-10H2,1-3H3. The van der Waals surface area contributed by atoms with Gasteiger partial charge in [-0.1, -0.05) is 11.6 Å². The lowest BCUT2D eigenvalue weighted by molar-refractivity contribution is 0.259. The fourth-order valence-electron chi connectivity index (χ4n) is 2.21. The van der Waals surface area contributed by atoms with Crippen molar-refractivity contribution in [3.05, 3.63) is 34.8 Å². The maximum Gasteiger partial charge on any atom is 0.118 e. The van der Waals surface area contributed by atoms with Gasteiger partial charge < -0.3 is 9.73 Å². The van der Waals surface area contributed by atoms with Gasteiger partial charge in [0.05, 0.1) is 6.54 Å². The highest BCUT2D eigenvalue weighted by Crippen LogP contribution is 2.18. The number of hydrogen-bond donors (Lipinski definition) is 1. The van der Waals surface area contributed by atoms with Crippen LogP contribution in [0.25, 0.3) is 0 Å².